The molecule has 1 N–H and O–H groups in total. The van der Waals surface area contributed by atoms with Gasteiger partial charge in [0.15, 0.2) is 5.78 Å². The first-order valence-corrected chi connectivity index (χ1v) is 9.11. The highest BCUT2D eigenvalue weighted by Gasteiger charge is 2.43. The molecule has 1 atom stereocenters. The van der Waals surface area contributed by atoms with Gasteiger partial charge in [-0.2, -0.15) is 0 Å². The van der Waals surface area contributed by atoms with E-state index in [-0.39, 0.29) is 17.9 Å². The van der Waals surface area contributed by atoms with Crippen LogP contribution >= 0.6 is 0 Å². The third-order valence-corrected chi connectivity index (χ3v) is 5.46. The second kappa shape index (κ2) is 6.67. The second-order valence-corrected chi connectivity index (χ2v) is 7.19. The summed E-state index contributed by atoms with van der Waals surface area (Å²) in [6.07, 6.45) is 3.99. The van der Waals surface area contributed by atoms with Gasteiger partial charge < -0.3 is 19.7 Å². The summed E-state index contributed by atoms with van der Waals surface area (Å²) in [5.74, 6) is 0.813. The maximum atomic E-state index is 12.4. The SMILES string of the molecule is O=C1CC2(CCN(C(=O)NCC3CCCO3)CC2)Oc2ccccc21. The van der Waals surface area contributed by atoms with Crippen molar-refractivity contribution < 1.29 is 19.1 Å². The van der Waals surface area contributed by atoms with Crippen molar-refractivity contribution in [3.63, 3.8) is 0 Å². The fourth-order valence-electron chi connectivity index (χ4n) is 3.96. The fourth-order valence-corrected chi connectivity index (χ4v) is 3.96. The molecule has 3 aliphatic heterocycles. The van der Waals surface area contributed by atoms with Crippen LogP contribution in [-0.2, 0) is 4.74 Å². The van der Waals surface area contributed by atoms with Crippen LogP contribution in [0.3, 0.4) is 0 Å². The molecule has 2 fully saturated rings. The van der Waals surface area contributed by atoms with Crippen LogP contribution in [0.2, 0.25) is 0 Å². The summed E-state index contributed by atoms with van der Waals surface area (Å²) >= 11 is 0. The minimum absolute atomic E-state index is 0.0483. The zero-order chi connectivity index (χ0) is 17.3. The summed E-state index contributed by atoms with van der Waals surface area (Å²) in [6.45, 7) is 2.57. The van der Waals surface area contributed by atoms with Crippen molar-refractivity contribution in [2.75, 3.05) is 26.2 Å². The number of benzene rings is 1. The Morgan fingerprint density at radius 1 is 1.28 bits per heavy atom. The molecule has 0 bridgehead atoms. The smallest absolute Gasteiger partial charge is 0.317 e. The fraction of sp³-hybridized carbons (Fsp3) is 0.579. The van der Waals surface area contributed by atoms with Crippen LogP contribution in [0.1, 0.15) is 42.5 Å². The number of ketones is 1. The molecule has 134 valence electrons. The molecule has 1 aromatic rings. The molecule has 3 heterocycles. The van der Waals surface area contributed by atoms with Gasteiger partial charge in [-0.25, -0.2) is 4.79 Å². The number of nitrogens with one attached hydrogen (secondary N) is 1. The number of rotatable bonds is 2. The van der Waals surface area contributed by atoms with Gasteiger partial charge in [0.05, 0.1) is 18.1 Å². The molecule has 2 saturated heterocycles. The monoisotopic (exact) mass is 344 g/mol. The Morgan fingerprint density at radius 3 is 2.84 bits per heavy atom. The lowest BCUT2D eigenvalue weighted by atomic mass is 9.82. The molecule has 2 amide bonds. The van der Waals surface area contributed by atoms with Crippen LogP contribution in [0.25, 0.3) is 0 Å². The number of carbonyl (C=O) groups is 2. The third kappa shape index (κ3) is 3.35. The number of carbonyl (C=O) groups excluding carboxylic acids is 2. The number of para-hydroxylation sites is 1. The summed E-state index contributed by atoms with van der Waals surface area (Å²) in [5, 5.41) is 2.96. The highest BCUT2D eigenvalue weighted by atomic mass is 16.5. The molecule has 0 radical (unpaired) electrons. The van der Waals surface area contributed by atoms with Crippen LogP contribution in [0.15, 0.2) is 24.3 Å². The minimum atomic E-state index is -0.462. The van der Waals surface area contributed by atoms with Gasteiger partial charge in [-0.3, -0.25) is 4.79 Å². The molecule has 4 rings (SSSR count). The Balaban J connectivity index is 1.33. The van der Waals surface area contributed by atoms with Gasteiger partial charge in [-0.1, -0.05) is 12.1 Å². The van der Waals surface area contributed by atoms with Crippen LogP contribution in [0.5, 0.6) is 5.75 Å². The molecule has 0 aliphatic carbocycles. The molecule has 6 nitrogen and oxygen atoms in total. The minimum Gasteiger partial charge on any atom is -0.486 e. The van der Waals surface area contributed by atoms with E-state index >= 15 is 0 Å². The van der Waals surface area contributed by atoms with Crippen LogP contribution in [0, 0.1) is 0 Å². The van der Waals surface area contributed by atoms with Crippen molar-refractivity contribution in [3.05, 3.63) is 29.8 Å². The number of urea groups is 1. The Kier molecular flexibility index (Phi) is 4.37. The molecular weight excluding hydrogens is 320 g/mol. The summed E-state index contributed by atoms with van der Waals surface area (Å²) in [6, 6.07) is 7.37. The normalized spacial score (nSPS) is 24.7. The van der Waals surface area contributed by atoms with Gasteiger partial charge >= 0.3 is 6.03 Å². The predicted octanol–water partition coefficient (Wildman–Crippen LogP) is 2.38. The summed E-state index contributed by atoms with van der Waals surface area (Å²) in [7, 11) is 0. The lowest BCUT2D eigenvalue weighted by molar-refractivity contribution is -0.000993. The van der Waals surface area contributed by atoms with E-state index in [2.05, 4.69) is 5.32 Å². The zero-order valence-electron chi connectivity index (χ0n) is 14.3. The Hall–Kier alpha value is -2.08. The van der Waals surface area contributed by atoms with E-state index in [9.17, 15) is 9.59 Å². The predicted molar refractivity (Wildman–Crippen MR) is 91.9 cm³/mol. The molecular formula is C19H24N2O4. The van der Waals surface area contributed by atoms with E-state index in [0.717, 1.165) is 19.4 Å². The maximum absolute atomic E-state index is 12.4. The summed E-state index contributed by atoms with van der Waals surface area (Å²) in [4.78, 5) is 26.6. The van der Waals surface area contributed by atoms with Crippen molar-refractivity contribution in [2.45, 2.75) is 43.8 Å². The van der Waals surface area contributed by atoms with Gasteiger partial charge in [0.25, 0.3) is 0 Å². The Labute approximate surface area is 147 Å². The molecule has 1 spiro atoms. The average Bonchev–Trinajstić information content (AvgIpc) is 3.14. The van der Waals surface area contributed by atoms with E-state index in [1.54, 1.807) is 0 Å². The van der Waals surface area contributed by atoms with Crippen LogP contribution in [0.4, 0.5) is 4.79 Å². The third-order valence-electron chi connectivity index (χ3n) is 5.46. The standard InChI is InChI=1S/C19H24N2O4/c22-16-12-19(25-17-6-2-1-5-15(16)17)7-9-21(10-8-19)18(23)20-13-14-4-3-11-24-14/h1-2,5-6,14H,3-4,7-13H2,(H,20,23). The molecule has 1 aromatic carbocycles. The van der Waals surface area contributed by atoms with Crippen molar-refractivity contribution in [1.29, 1.82) is 0 Å². The number of hydrogen-bond acceptors (Lipinski definition) is 4. The quantitative estimate of drug-likeness (QED) is 0.894. The number of likely N-dealkylation sites (tertiary alicyclic amines) is 1. The molecule has 0 saturated carbocycles. The number of fused-ring (bicyclic) bond motifs is 1. The van der Waals surface area contributed by atoms with Gasteiger partial charge in [-0.15, -0.1) is 0 Å². The van der Waals surface area contributed by atoms with Crippen molar-refractivity contribution in [3.8, 4) is 5.75 Å². The van der Waals surface area contributed by atoms with E-state index in [1.165, 1.54) is 0 Å². The molecule has 1 unspecified atom stereocenters. The van der Waals surface area contributed by atoms with Gasteiger partial charge in [0.1, 0.15) is 11.4 Å². The van der Waals surface area contributed by atoms with E-state index in [4.69, 9.17) is 9.47 Å². The molecule has 0 aromatic heterocycles. The van der Waals surface area contributed by atoms with Crippen molar-refractivity contribution >= 4 is 11.8 Å². The first kappa shape index (κ1) is 16.4. The number of nitrogens with zero attached hydrogens (tertiary/aromatic N) is 1. The number of ether oxygens (including phenoxy) is 2. The van der Waals surface area contributed by atoms with Crippen molar-refractivity contribution in [2.24, 2.45) is 0 Å². The maximum Gasteiger partial charge on any atom is 0.317 e. The molecule has 3 aliphatic rings. The second-order valence-electron chi connectivity index (χ2n) is 7.19. The topological polar surface area (TPSA) is 67.9 Å². The number of amides is 2. The average molecular weight is 344 g/mol. The van der Waals surface area contributed by atoms with Gasteiger partial charge in [0.2, 0.25) is 0 Å². The number of Topliss-reactive ketones (excluding diaryl/α,β-unsaturated/α-hetero) is 1. The van der Waals surface area contributed by atoms with E-state index in [0.29, 0.717) is 50.2 Å². The molecule has 6 heteroatoms. The van der Waals surface area contributed by atoms with Gasteiger partial charge in [-0.05, 0) is 25.0 Å². The first-order chi connectivity index (χ1) is 12.2. The van der Waals surface area contributed by atoms with Gasteiger partial charge in [0, 0.05) is 39.1 Å². The molecule has 25 heavy (non-hydrogen) atoms. The number of hydrogen-bond donors (Lipinski definition) is 1. The Bertz CT molecular complexity index is 661. The summed E-state index contributed by atoms with van der Waals surface area (Å²) in [5.41, 5.74) is 0.210. The van der Waals surface area contributed by atoms with E-state index in [1.807, 2.05) is 29.2 Å². The Morgan fingerprint density at radius 2 is 2.08 bits per heavy atom. The lowest BCUT2D eigenvalue weighted by Gasteiger charge is -2.43. The summed E-state index contributed by atoms with van der Waals surface area (Å²) < 4.78 is 11.7. The highest BCUT2D eigenvalue weighted by molar-refractivity contribution is 6.00. The van der Waals surface area contributed by atoms with Crippen LogP contribution in [-0.4, -0.2) is 54.7 Å². The zero-order valence-corrected chi connectivity index (χ0v) is 14.3. The largest absolute Gasteiger partial charge is 0.486 e. The highest BCUT2D eigenvalue weighted by Crippen LogP contribution is 2.39. The first-order valence-electron chi connectivity index (χ1n) is 9.11. The number of piperidine rings is 1. The van der Waals surface area contributed by atoms with Crippen LogP contribution < -0.4 is 10.1 Å². The lowest BCUT2D eigenvalue weighted by Crippen LogP contribution is -2.54. The van der Waals surface area contributed by atoms with E-state index < -0.39 is 5.60 Å². The van der Waals surface area contributed by atoms with Crippen molar-refractivity contribution in [1.82, 2.24) is 10.2 Å².